The van der Waals surface area contributed by atoms with Gasteiger partial charge in [0, 0.05) is 18.6 Å². The van der Waals surface area contributed by atoms with Crippen molar-refractivity contribution in [3.63, 3.8) is 0 Å². The SMILES string of the molecule is CC1CCNC1CN(C)C(C)C1CC1. The molecule has 3 atom stereocenters. The van der Waals surface area contributed by atoms with E-state index < -0.39 is 0 Å². The Morgan fingerprint density at radius 3 is 2.57 bits per heavy atom. The Kier molecular flexibility index (Phi) is 3.13. The van der Waals surface area contributed by atoms with Crippen molar-refractivity contribution in [1.82, 2.24) is 10.2 Å². The monoisotopic (exact) mass is 196 g/mol. The first-order valence-electron chi connectivity index (χ1n) is 6.12. The molecule has 1 heterocycles. The van der Waals surface area contributed by atoms with Gasteiger partial charge in [0.05, 0.1) is 0 Å². The number of rotatable bonds is 4. The van der Waals surface area contributed by atoms with Crippen LogP contribution in [0.5, 0.6) is 0 Å². The average Bonchev–Trinajstić information content (AvgIpc) is 2.92. The molecule has 82 valence electrons. The molecule has 1 saturated heterocycles. The quantitative estimate of drug-likeness (QED) is 0.736. The third kappa shape index (κ3) is 2.29. The maximum atomic E-state index is 3.61. The van der Waals surface area contributed by atoms with Crippen LogP contribution in [0.3, 0.4) is 0 Å². The molecule has 3 unspecified atom stereocenters. The van der Waals surface area contributed by atoms with Gasteiger partial charge in [-0.2, -0.15) is 0 Å². The third-order valence-electron chi connectivity index (χ3n) is 4.18. The van der Waals surface area contributed by atoms with E-state index in [1.165, 1.54) is 32.4 Å². The van der Waals surface area contributed by atoms with Gasteiger partial charge in [-0.3, -0.25) is 0 Å². The van der Waals surface area contributed by atoms with E-state index in [9.17, 15) is 0 Å². The molecule has 1 aliphatic heterocycles. The number of hydrogen-bond donors (Lipinski definition) is 1. The third-order valence-corrected chi connectivity index (χ3v) is 4.18. The van der Waals surface area contributed by atoms with Crippen LogP contribution in [0.2, 0.25) is 0 Å². The van der Waals surface area contributed by atoms with Crippen LogP contribution < -0.4 is 5.32 Å². The van der Waals surface area contributed by atoms with Crippen LogP contribution >= 0.6 is 0 Å². The van der Waals surface area contributed by atoms with Crippen LogP contribution in [0.15, 0.2) is 0 Å². The Hall–Kier alpha value is -0.0800. The van der Waals surface area contributed by atoms with Crippen LogP contribution in [-0.4, -0.2) is 37.1 Å². The second-order valence-electron chi connectivity index (χ2n) is 5.34. The summed E-state index contributed by atoms with van der Waals surface area (Å²) in [5.74, 6) is 1.86. The number of hydrogen-bond acceptors (Lipinski definition) is 2. The van der Waals surface area contributed by atoms with E-state index in [0.29, 0.717) is 0 Å². The summed E-state index contributed by atoms with van der Waals surface area (Å²) in [5, 5.41) is 3.61. The molecule has 1 aliphatic carbocycles. The van der Waals surface area contributed by atoms with E-state index in [-0.39, 0.29) is 0 Å². The Morgan fingerprint density at radius 2 is 2.07 bits per heavy atom. The molecule has 2 rings (SSSR count). The average molecular weight is 196 g/mol. The second-order valence-corrected chi connectivity index (χ2v) is 5.34. The molecule has 0 bridgehead atoms. The fourth-order valence-electron chi connectivity index (χ4n) is 2.56. The van der Waals surface area contributed by atoms with Gasteiger partial charge in [-0.15, -0.1) is 0 Å². The Bertz CT molecular complexity index is 189. The first-order chi connectivity index (χ1) is 6.68. The van der Waals surface area contributed by atoms with E-state index in [1.807, 2.05) is 0 Å². The van der Waals surface area contributed by atoms with Gasteiger partial charge in [0.25, 0.3) is 0 Å². The summed E-state index contributed by atoms with van der Waals surface area (Å²) in [6.45, 7) is 7.22. The summed E-state index contributed by atoms with van der Waals surface area (Å²) in [7, 11) is 2.29. The normalized spacial score (nSPS) is 35.1. The van der Waals surface area contributed by atoms with Gasteiger partial charge < -0.3 is 10.2 Å². The molecule has 0 aromatic heterocycles. The van der Waals surface area contributed by atoms with Crippen molar-refractivity contribution in [2.24, 2.45) is 11.8 Å². The lowest BCUT2D eigenvalue weighted by Crippen LogP contribution is -2.42. The summed E-state index contributed by atoms with van der Waals surface area (Å²) in [5.41, 5.74) is 0. The number of likely N-dealkylation sites (N-methyl/N-ethyl adjacent to an activating group) is 1. The van der Waals surface area contributed by atoms with Crippen LogP contribution in [0.4, 0.5) is 0 Å². The topological polar surface area (TPSA) is 15.3 Å². The predicted octanol–water partition coefficient (Wildman–Crippen LogP) is 1.71. The van der Waals surface area contributed by atoms with Crippen molar-refractivity contribution < 1.29 is 0 Å². The molecule has 2 heteroatoms. The first-order valence-corrected chi connectivity index (χ1v) is 6.12. The van der Waals surface area contributed by atoms with Gasteiger partial charge in [-0.1, -0.05) is 6.92 Å². The molecule has 0 amide bonds. The van der Waals surface area contributed by atoms with E-state index >= 15 is 0 Å². The zero-order valence-corrected chi connectivity index (χ0v) is 9.79. The maximum Gasteiger partial charge on any atom is 0.0221 e. The molecule has 0 spiro atoms. The van der Waals surface area contributed by atoms with Crippen molar-refractivity contribution in [2.45, 2.75) is 45.2 Å². The maximum absolute atomic E-state index is 3.61. The zero-order chi connectivity index (χ0) is 10.1. The molecule has 0 aromatic carbocycles. The van der Waals surface area contributed by atoms with Crippen LogP contribution in [0, 0.1) is 11.8 Å². The minimum Gasteiger partial charge on any atom is -0.312 e. The lowest BCUT2D eigenvalue weighted by Gasteiger charge is -2.29. The van der Waals surface area contributed by atoms with Crippen molar-refractivity contribution in [3.8, 4) is 0 Å². The van der Waals surface area contributed by atoms with Gasteiger partial charge in [0.2, 0.25) is 0 Å². The highest BCUT2D eigenvalue weighted by molar-refractivity contribution is 4.88. The Labute approximate surface area is 88.1 Å². The van der Waals surface area contributed by atoms with Crippen molar-refractivity contribution in [3.05, 3.63) is 0 Å². The lowest BCUT2D eigenvalue weighted by molar-refractivity contribution is 0.203. The smallest absolute Gasteiger partial charge is 0.0221 e. The van der Waals surface area contributed by atoms with E-state index in [2.05, 4.69) is 31.1 Å². The Balaban J connectivity index is 1.77. The van der Waals surface area contributed by atoms with Crippen molar-refractivity contribution >= 4 is 0 Å². The van der Waals surface area contributed by atoms with Gasteiger partial charge in [0.1, 0.15) is 0 Å². The number of nitrogens with one attached hydrogen (secondary N) is 1. The van der Waals surface area contributed by atoms with Crippen LogP contribution in [0.25, 0.3) is 0 Å². The van der Waals surface area contributed by atoms with E-state index in [4.69, 9.17) is 0 Å². The minimum absolute atomic E-state index is 0.737. The highest BCUT2D eigenvalue weighted by Crippen LogP contribution is 2.34. The summed E-state index contributed by atoms with van der Waals surface area (Å²) in [6.07, 6.45) is 4.27. The molecule has 0 radical (unpaired) electrons. The number of nitrogens with zero attached hydrogens (tertiary/aromatic N) is 1. The minimum atomic E-state index is 0.737. The van der Waals surface area contributed by atoms with Gasteiger partial charge in [-0.25, -0.2) is 0 Å². The molecule has 2 aliphatic rings. The van der Waals surface area contributed by atoms with Gasteiger partial charge in [0.15, 0.2) is 0 Å². The molecule has 14 heavy (non-hydrogen) atoms. The predicted molar refractivity (Wildman–Crippen MR) is 60.4 cm³/mol. The molecular weight excluding hydrogens is 172 g/mol. The first kappa shape index (κ1) is 10.4. The second kappa shape index (κ2) is 4.19. The highest BCUT2D eigenvalue weighted by Gasteiger charge is 2.32. The van der Waals surface area contributed by atoms with Gasteiger partial charge in [-0.05, 0) is 51.6 Å². The highest BCUT2D eigenvalue weighted by atomic mass is 15.2. The fourth-order valence-corrected chi connectivity index (χ4v) is 2.56. The lowest BCUT2D eigenvalue weighted by atomic mass is 10.0. The molecular formula is C12H24N2. The van der Waals surface area contributed by atoms with E-state index in [1.54, 1.807) is 0 Å². The molecule has 0 aromatic rings. The standard InChI is InChI=1S/C12H24N2/c1-9-6-7-13-12(9)8-14(3)10(2)11-4-5-11/h9-13H,4-8H2,1-3H3. The Morgan fingerprint density at radius 1 is 1.36 bits per heavy atom. The van der Waals surface area contributed by atoms with Gasteiger partial charge >= 0.3 is 0 Å². The summed E-state index contributed by atoms with van der Waals surface area (Å²) in [6, 6.07) is 1.53. The molecule has 1 N–H and O–H groups in total. The summed E-state index contributed by atoms with van der Waals surface area (Å²) < 4.78 is 0. The molecule has 2 fully saturated rings. The van der Waals surface area contributed by atoms with Crippen LogP contribution in [-0.2, 0) is 0 Å². The largest absolute Gasteiger partial charge is 0.312 e. The van der Waals surface area contributed by atoms with Crippen molar-refractivity contribution in [1.29, 1.82) is 0 Å². The van der Waals surface area contributed by atoms with E-state index in [0.717, 1.165) is 23.9 Å². The van der Waals surface area contributed by atoms with Crippen LogP contribution in [0.1, 0.15) is 33.1 Å². The molecule has 2 nitrogen and oxygen atoms in total. The van der Waals surface area contributed by atoms with Crippen molar-refractivity contribution in [2.75, 3.05) is 20.1 Å². The summed E-state index contributed by atoms with van der Waals surface area (Å²) in [4.78, 5) is 2.55. The molecule has 1 saturated carbocycles. The zero-order valence-electron chi connectivity index (χ0n) is 9.79. The summed E-state index contributed by atoms with van der Waals surface area (Å²) >= 11 is 0. The fraction of sp³-hybridized carbons (Fsp3) is 1.00.